The number of rotatable bonds is 5. The minimum absolute atomic E-state index is 0. The number of nitrogens with zero attached hydrogens (tertiary/aromatic N) is 4. The normalized spacial score (nSPS) is 27.7. The smallest absolute Gasteiger partial charge is 0.368 e. The Labute approximate surface area is 225 Å². The number of piperidine rings is 1. The lowest BCUT2D eigenvalue weighted by molar-refractivity contribution is -0.143. The predicted octanol–water partition coefficient (Wildman–Crippen LogP) is 6.03. The first-order chi connectivity index (χ1) is 17.7. The number of hydrogen-bond acceptors (Lipinski definition) is 5. The summed E-state index contributed by atoms with van der Waals surface area (Å²) < 4.78 is 103. The summed E-state index contributed by atoms with van der Waals surface area (Å²) in [6.45, 7) is 1.39. The number of aromatic nitrogens is 4. The molecular formula is C25H25ClF7N5O. The summed E-state index contributed by atoms with van der Waals surface area (Å²) in [6.07, 6.45) is -11.5. The van der Waals surface area contributed by atoms with Crippen molar-refractivity contribution in [1.82, 2.24) is 25.5 Å². The SMILES string of the molecule is CC(OC1CCC2NC1(c1ccccc1)CC2(F)c1nnn(C)n1)c1cc(C(F)(F)F)cc(C(F)(F)F)c1.Cl. The maximum atomic E-state index is 16.6. The van der Waals surface area contributed by atoms with Crippen LogP contribution < -0.4 is 5.32 Å². The Balaban J connectivity index is 0.00000353. The molecule has 0 amide bonds. The maximum absolute atomic E-state index is 16.6. The van der Waals surface area contributed by atoms with Gasteiger partial charge in [0.15, 0.2) is 5.67 Å². The van der Waals surface area contributed by atoms with Gasteiger partial charge in [-0.2, -0.15) is 31.1 Å². The molecule has 2 aliphatic rings. The lowest BCUT2D eigenvalue weighted by Crippen LogP contribution is -2.55. The minimum atomic E-state index is -4.98. The second kappa shape index (κ2) is 10.0. The molecule has 5 rings (SSSR count). The van der Waals surface area contributed by atoms with Crippen LogP contribution in [0.1, 0.15) is 60.4 Å². The molecule has 1 aromatic heterocycles. The van der Waals surface area contributed by atoms with Gasteiger partial charge in [0.25, 0.3) is 0 Å². The molecule has 2 bridgehead atoms. The molecule has 0 aliphatic carbocycles. The van der Waals surface area contributed by atoms with Crippen LogP contribution in [0.2, 0.25) is 0 Å². The number of benzene rings is 2. The number of aryl methyl sites for hydroxylation is 1. The van der Waals surface area contributed by atoms with Gasteiger partial charge in [0.1, 0.15) is 0 Å². The number of tetrazole rings is 1. The third-order valence-corrected chi connectivity index (χ3v) is 7.40. The molecular weight excluding hydrogens is 555 g/mol. The van der Waals surface area contributed by atoms with Gasteiger partial charge in [-0.3, -0.25) is 5.32 Å². The third-order valence-electron chi connectivity index (χ3n) is 7.40. The van der Waals surface area contributed by atoms with E-state index in [1.807, 2.05) is 0 Å². The van der Waals surface area contributed by atoms with Crippen LogP contribution >= 0.6 is 12.4 Å². The van der Waals surface area contributed by atoms with Crippen molar-refractivity contribution in [2.24, 2.45) is 7.05 Å². The van der Waals surface area contributed by atoms with Gasteiger partial charge < -0.3 is 4.74 Å². The van der Waals surface area contributed by atoms with E-state index in [4.69, 9.17) is 4.74 Å². The lowest BCUT2D eigenvalue weighted by atomic mass is 9.79. The molecule has 5 atom stereocenters. The van der Waals surface area contributed by atoms with Crippen LogP contribution in [0.15, 0.2) is 48.5 Å². The zero-order valence-electron chi connectivity index (χ0n) is 20.7. The van der Waals surface area contributed by atoms with Gasteiger partial charge in [-0.15, -0.1) is 22.6 Å². The van der Waals surface area contributed by atoms with E-state index in [2.05, 4.69) is 20.7 Å². The Morgan fingerprint density at radius 2 is 1.62 bits per heavy atom. The summed E-state index contributed by atoms with van der Waals surface area (Å²) in [7, 11) is 1.51. The van der Waals surface area contributed by atoms with Gasteiger partial charge in [0, 0.05) is 12.5 Å². The molecule has 14 heteroatoms. The van der Waals surface area contributed by atoms with Gasteiger partial charge >= 0.3 is 12.4 Å². The lowest BCUT2D eigenvalue weighted by Gasteiger charge is -2.43. The highest BCUT2D eigenvalue weighted by atomic mass is 35.5. The molecule has 212 valence electrons. The second-order valence-electron chi connectivity index (χ2n) is 9.86. The first kappa shape index (κ1) is 29.2. The number of hydrogen-bond donors (Lipinski definition) is 1. The summed E-state index contributed by atoms with van der Waals surface area (Å²) >= 11 is 0. The minimum Gasteiger partial charge on any atom is -0.368 e. The number of fused-ring (bicyclic) bond motifs is 2. The van der Waals surface area contributed by atoms with E-state index in [0.29, 0.717) is 24.1 Å². The average molecular weight is 580 g/mol. The molecule has 0 radical (unpaired) electrons. The van der Waals surface area contributed by atoms with Gasteiger partial charge in [-0.1, -0.05) is 30.3 Å². The van der Waals surface area contributed by atoms with Gasteiger partial charge in [0.05, 0.1) is 35.9 Å². The maximum Gasteiger partial charge on any atom is 0.416 e. The summed E-state index contributed by atoms with van der Waals surface area (Å²) in [5, 5.41) is 15.0. The molecule has 39 heavy (non-hydrogen) atoms. The van der Waals surface area contributed by atoms with E-state index in [-0.39, 0.29) is 42.7 Å². The number of ether oxygens (including phenoxy) is 1. The predicted molar refractivity (Wildman–Crippen MR) is 127 cm³/mol. The Morgan fingerprint density at radius 3 is 2.15 bits per heavy atom. The molecule has 0 saturated carbocycles. The van der Waals surface area contributed by atoms with Crippen LogP contribution in [0.3, 0.4) is 0 Å². The molecule has 0 spiro atoms. The summed E-state index contributed by atoms with van der Waals surface area (Å²) in [5.74, 6) is -0.100. The fourth-order valence-electron chi connectivity index (χ4n) is 5.59. The highest BCUT2D eigenvalue weighted by molar-refractivity contribution is 5.85. The summed E-state index contributed by atoms with van der Waals surface area (Å²) in [6, 6.07) is 9.55. The van der Waals surface area contributed by atoms with Crippen LogP contribution in [0.4, 0.5) is 30.7 Å². The number of alkyl halides is 7. The van der Waals surface area contributed by atoms with Crippen molar-refractivity contribution < 1.29 is 35.5 Å². The standard InChI is InChI=1S/C25H24F7N5O.ClH/c1-14(15-10-17(24(27,28)29)12-18(11-15)25(30,31)32)38-20-9-8-19-22(26,21-34-36-37(2)35-21)13-23(20,33-19)16-6-4-3-5-7-16;/h3-7,10-12,14,19-20,33H,8-9,13H2,1-2H3;1H. The van der Waals surface area contributed by atoms with E-state index in [9.17, 15) is 26.3 Å². The second-order valence-corrected chi connectivity index (χ2v) is 9.86. The molecule has 5 unspecified atom stereocenters. The van der Waals surface area contributed by atoms with Crippen LogP contribution in [-0.4, -0.2) is 32.4 Å². The summed E-state index contributed by atoms with van der Waals surface area (Å²) in [4.78, 5) is 1.15. The van der Waals surface area contributed by atoms with E-state index in [1.165, 1.54) is 14.0 Å². The van der Waals surface area contributed by atoms with Crippen molar-refractivity contribution in [2.75, 3.05) is 0 Å². The van der Waals surface area contributed by atoms with E-state index >= 15 is 4.39 Å². The van der Waals surface area contributed by atoms with Gasteiger partial charge in [-0.25, -0.2) is 4.39 Å². The number of halogens is 8. The largest absolute Gasteiger partial charge is 0.416 e. The first-order valence-corrected chi connectivity index (χ1v) is 11.9. The molecule has 6 nitrogen and oxygen atoms in total. The van der Waals surface area contributed by atoms with Crippen molar-refractivity contribution >= 4 is 12.4 Å². The van der Waals surface area contributed by atoms with Crippen LogP contribution in [0.25, 0.3) is 0 Å². The molecule has 2 saturated heterocycles. The highest BCUT2D eigenvalue weighted by Crippen LogP contribution is 2.55. The molecule has 2 aliphatic heterocycles. The average Bonchev–Trinajstić information content (AvgIpc) is 3.40. The van der Waals surface area contributed by atoms with Crippen molar-refractivity contribution in [3.8, 4) is 0 Å². The zero-order chi connectivity index (χ0) is 27.5. The molecule has 2 fully saturated rings. The van der Waals surface area contributed by atoms with Gasteiger partial charge in [0.2, 0.25) is 5.82 Å². The van der Waals surface area contributed by atoms with E-state index < -0.39 is 52.9 Å². The molecule has 1 N–H and O–H groups in total. The zero-order valence-corrected chi connectivity index (χ0v) is 21.5. The molecule has 2 aromatic carbocycles. The van der Waals surface area contributed by atoms with Gasteiger partial charge in [-0.05, 0) is 54.3 Å². The van der Waals surface area contributed by atoms with Crippen LogP contribution in [0, 0.1) is 0 Å². The quantitative estimate of drug-likeness (QED) is 0.374. The Hall–Kier alpha value is -2.77. The fourth-order valence-corrected chi connectivity index (χ4v) is 5.59. The third kappa shape index (κ3) is 5.23. The van der Waals surface area contributed by atoms with Crippen molar-refractivity contribution in [2.45, 2.75) is 68.0 Å². The Kier molecular flexibility index (Phi) is 7.50. The molecule has 3 heterocycles. The Morgan fingerprint density at radius 1 is 1.00 bits per heavy atom. The monoisotopic (exact) mass is 579 g/mol. The Bertz CT molecular complexity index is 1290. The first-order valence-electron chi connectivity index (χ1n) is 11.9. The topological polar surface area (TPSA) is 64.9 Å². The van der Waals surface area contributed by atoms with Crippen molar-refractivity contribution in [1.29, 1.82) is 0 Å². The van der Waals surface area contributed by atoms with Crippen LogP contribution in [0.5, 0.6) is 0 Å². The number of nitrogens with one attached hydrogen (secondary N) is 1. The molecule has 3 aromatic rings. The van der Waals surface area contributed by atoms with Crippen molar-refractivity contribution in [3.05, 3.63) is 76.6 Å². The van der Waals surface area contributed by atoms with Crippen LogP contribution in [-0.2, 0) is 35.3 Å². The fraction of sp³-hybridized carbons (Fsp3) is 0.480. The van der Waals surface area contributed by atoms with E-state index in [0.717, 1.165) is 4.80 Å². The van der Waals surface area contributed by atoms with Crippen molar-refractivity contribution in [3.63, 3.8) is 0 Å². The summed E-state index contributed by atoms with van der Waals surface area (Å²) in [5.41, 5.74) is -5.61. The van der Waals surface area contributed by atoms with E-state index in [1.54, 1.807) is 30.3 Å². The highest BCUT2D eigenvalue weighted by Gasteiger charge is 2.64.